The van der Waals surface area contributed by atoms with Crippen LogP contribution in [-0.4, -0.2) is 491 Å². The van der Waals surface area contributed by atoms with Crippen LogP contribution in [0.15, 0.2) is 0 Å². The van der Waals surface area contributed by atoms with E-state index in [-0.39, 0.29) is 39.0 Å². The maximum atomic E-state index is 15.2. The molecule has 0 aromatic carbocycles. The summed E-state index contributed by atoms with van der Waals surface area (Å²) in [5.41, 5.74) is 6.90. The van der Waals surface area contributed by atoms with Gasteiger partial charge in [0.05, 0.1) is 61.9 Å². The van der Waals surface area contributed by atoms with E-state index in [2.05, 4.69) is 37.2 Å². The molecule has 0 saturated carbocycles. The fourth-order valence-corrected chi connectivity index (χ4v) is 18.1. The molecule has 29 N–H and O–H groups in total. The molecule has 0 radical (unpaired) electrons. The number of hydrogen-bond donors (Lipinski definition) is 27. The number of carboxylic acid groups (broad SMARTS) is 1. The Morgan fingerprint density at radius 1 is 0.298 bits per heavy atom. The Labute approximate surface area is 811 Å². The Bertz CT molecular complexity index is 4080. The van der Waals surface area contributed by atoms with E-state index in [0.29, 0.717) is 0 Å². The maximum Gasteiger partial charge on any atom is 0.338 e. The SMILES string of the molecule is CC(=O)NC1C(OC2C(O)C(COC(=O)C3OC(OC4C(O)C(CO)OC(OC5C(C(=O)NCCCN)OC(OC6C(O)C(CO)OC(C(C)(C)C)C6NC(C)=O)C(O)C5O)C4NC(C)=O)C(O)C(O)C3OC(C)(C)C)OC(C(C)(C)C)C2NC(C)=O)OC(CO)C(O)C1OC1OC(C(=O)O)C(OC2OC(CO)C(O)C(OC3OC(C(=O)NCCCN)C(OC(C)(C)C)C(O)C3O)C2NC(C)=O)C(O)C1O. The van der Waals surface area contributed by atoms with Crippen LogP contribution in [0.2, 0.25) is 0 Å². The molecule has 812 valence electrons. The lowest BCUT2D eigenvalue weighted by Crippen LogP contribution is -2.72. The van der Waals surface area contributed by atoms with Crippen LogP contribution < -0.4 is 48.7 Å². The molecule has 9 aliphatic rings. The lowest BCUT2D eigenvalue weighted by Gasteiger charge is -2.52. The van der Waals surface area contributed by atoms with Crippen LogP contribution in [0.25, 0.3) is 0 Å². The van der Waals surface area contributed by atoms with Gasteiger partial charge < -0.3 is 231 Å². The topological polar surface area (TPSA) is 829 Å². The molecule has 9 fully saturated rings. The van der Waals surface area contributed by atoms with Gasteiger partial charge in [0.25, 0.3) is 11.8 Å². The molecule has 55 heteroatoms. The first-order chi connectivity index (χ1) is 65.8. The minimum atomic E-state index is -2.56. The van der Waals surface area contributed by atoms with Crippen LogP contribution in [0.5, 0.6) is 0 Å². The standard InChI is InChI=1S/C86H147N9O46/c1-29(100)91-39-57(44(105)34(24-96)124-70(39)83(6,7)8)130-79-53(114)49(110)62(66(136-79)72(118)89-22-18-20-87)134-77-42(94-32(4)103)61(47(108)36(26-98)127-77)133-82-56(117)52(113)65(141-86(15,16)17)69(139-82)75(122)123-28-38-48(109)58(40(92-30(2)101)71(125-38)84(9,10)11)129-76-41(93-31(3)102)59(45(106)35(25-97)126-76)132-81-54(115)50(111)63(68(138-81)74(120)121)135-78-43(95-33(5)104)60(46(107)37(27-99)128-78)131-80-55(116)51(112)64(140-85(12,13)14)67(137-80)73(119)90-23-19-21-88/h34-71,76-82,96-99,105-117H,18-28,87-88H2,1-17H3,(H,89,118)(H,90,119)(H,91,100)(H,92,101)(H,93,102)(H,94,103)(H,95,104)(H,120,121). The van der Waals surface area contributed by atoms with Gasteiger partial charge in [0.15, 0.2) is 68.4 Å². The first-order valence-electron chi connectivity index (χ1n) is 46.6. The van der Waals surface area contributed by atoms with E-state index in [9.17, 15) is 130 Å². The monoisotopic (exact) mass is 2040 g/mol. The number of amides is 7. The van der Waals surface area contributed by atoms with Crippen molar-refractivity contribution in [3.05, 3.63) is 0 Å². The van der Waals surface area contributed by atoms with Crippen LogP contribution in [0.3, 0.4) is 0 Å². The van der Waals surface area contributed by atoms with Crippen LogP contribution >= 0.6 is 0 Å². The number of esters is 1. The number of nitrogens with two attached hydrogens (primary N) is 2. The van der Waals surface area contributed by atoms with Crippen molar-refractivity contribution >= 4 is 53.3 Å². The zero-order valence-electron chi connectivity index (χ0n) is 81.4. The fourth-order valence-electron chi connectivity index (χ4n) is 18.1. The number of hydrogen-bond acceptors (Lipinski definition) is 47. The summed E-state index contributed by atoms with van der Waals surface area (Å²) in [6, 6.07) is -8.71. The number of carbonyl (C=O) groups excluding carboxylic acids is 8. The summed E-state index contributed by atoms with van der Waals surface area (Å²) in [5, 5.41) is 228. The van der Waals surface area contributed by atoms with Crippen LogP contribution in [-0.2, 0) is 133 Å². The first-order valence-corrected chi connectivity index (χ1v) is 46.6. The molecule has 141 heavy (non-hydrogen) atoms. The van der Waals surface area contributed by atoms with Gasteiger partial charge in [-0.3, -0.25) is 33.6 Å². The second-order valence-corrected chi connectivity index (χ2v) is 40.4. The number of aliphatic hydroxyl groups excluding tert-OH is 17. The van der Waals surface area contributed by atoms with Gasteiger partial charge in [-0.25, -0.2) is 9.59 Å². The largest absolute Gasteiger partial charge is 0.479 e. The number of carboxylic acids is 1. The summed E-state index contributed by atoms with van der Waals surface area (Å²) >= 11 is 0. The Kier molecular flexibility index (Phi) is 42.1. The van der Waals surface area contributed by atoms with Crippen molar-refractivity contribution in [2.45, 2.75) is 417 Å². The van der Waals surface area contributed by atoms with Crippen molar-refractivity contribution in [1.29, 1.82) is 0 Å². The summed E-state index contributed by atoms with van der Waals surface area (Å²) in [6.07, 6.45) is -81.9. The van der Waals surface area contributed by atoms with E-state index in [1.165, 1.54) is 20.8 Å². The highest BCUT2D eigenvalue weighted by atomic mass is 16.8. The highest BCUT2D eigenvalue weighted by molar-refractivity contribution is 5.82. The number of carbonyl (C=O) groups is 9. The Morgan fingerprint density at radius 2 is 0.546 bits per heavy atom. The molecule has 45 unspecified atom stereocenters. The highest BCUT2D eigenvalue weighted by Crippen LogP contribution is 2.44. The second-order valence-electron chi connectivity index (χ2n) is 40.4. The number of aliphatic carboxylic acids is 1. The normalized spacial score (nSPS) is 41.6. The summed E-state index contributed by atoms with van der Waals surface area (Å²) in [5.74, 6) is -9.77. The molecule has 9 heterocycles. The van der Waals surface area contributed by atoms with E-state index < -0.39 is 384 Å². The predicted octanol–water partition coefficient (Wildman–Crippen LogP) is -13.5. The summed E-state index contributed by atoms with van der Waals surface area (Å²) in [4.78, 5) is 123. The van der Waals surface area contributed by atoms with Crippen LogP contribution in [0, 0.1) is 10.8 Å². The Morgan fingerprint density at radius 3 is 0.844 bits per heavy atom. The van der Waals surface area contributed by atoms with Crippen molar-refractivity contribution in [2.75, 3.05) is 59.2 Å². The highest BCUT2D eigenvalue weighted by Gasteiger charge is 2.64. The van der Waals surface area contributed by atoms with Gasteiger partial charge in [-0.2, -0.15) is 0 Å². The molecule has 0 spiro atoms. The lowest BCUT2D eigenvalue weighted by molar-refractivity contribution is -0.373. The molecule has 9 rings (SSSR count). The van der Waals surface area contributed by atoms with Gasteiger partial charge >= 0.3 is 11.9 Å². The molecule has 0 aromatic heterocycles. The van der Waals surface area contributed by atoms with E-state index in [1.54, 1.807) is 62.3 Å². The molecule has 9 aliphatic heterocycles. The van der Waals surface area contributed by atoms with Gasteiger partial charge in [-0.15, -0.1) is 0 Å². The predicted molar refractivity (Wildman–Crippen MR) is 467 cm³/mol. The molecule has 0 bridgehead atoms. The van der Waals surface area contributed by atoms with Gasteiger partial charge in [-0.05, 0) is 78.3 Å². The average Bonchev–Trinajstić information content (AvgIpc) is 0.758. The van der Waals surface area contributed by atoms with Crippen molar-refractivity contribution in [3.8, 4) is 0 Å². The number of ether oxygens (including phenoxy) is 19. The van der Waals surface area contributed by atoms with Crippen molar-refractivity contribution in [1.82, 2.24) is 37.2 Å². The van der Waals surface area contributed by atoms with Crippen LogP contribution in [0.4, 0.5) is 0 Å². The molecule has 0 aromatic rings. The summed E-state index contributed by atoms with van der Waals surface area (Å²) in [6.45, 7) is 19.0. The molecule has 7 amide bonds. The van der Waals surface area contributed by atoms with Crippen molar-refractivity contribution in [3.63, 3.8) is 0 Å². The maximum absolute atomic E-state index is 15.2. The summed E-state index contributed by atoms with van der Waals surface area (Å²) < 4.78 is 117. The first kappa shape index (κ1) is 118. The molecular formula is C86H147N9O46. The van der Waals surface area contributed by atoms with Gasteiger partial charge in [-0.1, -0.05) is 41.5 Å². The molecule has 9 saturated heterocycles. The van der Waals surface area contributed by atoms with Crippen molar-refractivity contribution in [2.24, 2.45) is 22.3 Å². The molecular weight excluding hydrogens is 1890 g/mol. The third-order valence-corrected chi connectivity index (χ3v) is 24.7. The average molecular weight is 2040 g/mol. The van der Waals surface area contributed by atoms with E-state index in [0.717, 1.165) is 34.6 Å². The third-order valence-electron chi connectivity index (χ3n) is 24.7. The fraction of sp³-hybridized carbons (Fsp3) is 0.895. The Hall–Kier alpha value is -6.25. The number of rotatable bonds is 37. The minimum absolute atomic E-state index is 0.0106. The molecule has 55 nitrogen and oxygen atoms in total. The van der Waals surface area contributed by atoms with Gasteiger partial charge in [0.2, 0.25) is 29.5 Å². The molecule has 0 aliphatic carbocycles. The second kappa shape index (κ2) is 50.2. The van der Waals surface area contributed by atoms with E-state index >= 15 is 4.79 Å². The number of aliphatic hydroxyl groups is 17. The number of nitrogens with one attached hydrogen (secondary N) is 7. The van der Waals surface area contributed by atoms with Gasteiger partial charge in [0.1, 0.15) is 190 Å². The lowest BCUT2D eigenvalue weighted by atomic mass is 9.78. The summed E-state index contributed by atoms with van der Waals surface area (Å²) in [7, 11) is 0. The van der Waals surface area contributed by atoms with E-state index in [4.69, 9.17) is 101 Å². The zero-order valence-corrected chi connectivity index (χ0v) is 81.4. The minimum Gasteiger partial charge on any atom is -0.479 e. The molecule has 45 atom stereocenters. The van der Waals surface area contributed by atoms with E-state index in [1.807, 2.05) is 0 Å². The van der Waals surface area contributed by atoms with Gasteiger partial charge in [0, 0.05) is 47.7 Å². The zero-order chi connectivity index (χ0) is 105. The smallest absolute Gasteiger partial charge is 0.338 e. The quantitative estimate of drug-likeness (QED) is 0.0203. The Balaban J connectivity index is 0.976. The van der Waals surface area contributed by atoms with Crippen LogP contribution in [0.1, 0.15) is 131 Å². The van der Waals surface area contributed by atoms with Crippen molar-refractivity contribution < 1.29 is 225 Å². The third kappa shape index (κ3) is 29.0.